The summed E-state index contributed by atoms with van der Waals surface area (Å²) in [4.78, 5) is 8.73. The summed E-state index contributed by atoms with van der Waals surface area (Å²) in [6.07, 6.45) is 0.852. The number of aromatic nitrogens is 3. The predicted octanol–water partition coefficient (Wildman–Crippen LogP) is 4.82. The second-order valence-electron chi connectivity index (χ2n) is 5.53. The van der Waals surface area contributed by atoms with Gasteiger partial charge in [-0.05, 0) is 30.3 Å². The molecule has 2 aromatic heterocycles. The van der Waals surface area contributed by atoms with Crippen LogP contribution in [-0.2, 0) is 12.8 Å². The summed E-state index contributed by atoms with van der Waals surface area (Å²) in [6.45, 7) is 1.98. The molecule has 0 saturated carbocycles. The number of benzene rings is 2. The van der Waals surface area contributed by atoms with Gasteiger partial charge in [-0.1, -0.05) is 29.7 Å². The van der Waals surface area contributed by atoms with E-state index in [-0.39, 0.29) is 12.3 Å². The summed E-state index contributed by atoms with van der Waals surface area (Å²) in [5.74, 6) is 0.973. The van der Waals surface area contributed by atoms with E-state index in [9.17, 15) is 4.39 Å². The quantitative estimate of drug-likeness (QED) is 0.523. The Balaban J connectivity index is 1.64. The van der Waals surface area contributed by atoms with Crippen LogP contribution in [0.4, 0.5) is 4.39 Å². The Morgan fingerprint density at radius 2 is 2.00 bits per heavy atom. The van der Waals surface area contributed by atoms with Crippen molar-refractivity contribution in [2.75, 3.05) is 0 Å². The lowest BCUT2D eigenvalue weighted by Crippen LogP contribution is -1.94. The molecule has 0 amide bonds. The Bertz CT molecular complexity index is 1040. The third kappa shape index (κ3) is 3.00. The largest absolute Gasteiger partial charge is 0.441 e. The standard InChI is InChI=1S/C18H13ClFN3O2/c1-2-16-21-14-8-10(6-7-15(14)24-16)18-22-17(25-23-18)9-11-12(19)4-3-5-13(11)20/h3-8H,2,9H2,1H3. The first-order valence-corrected chi connectivity index (χ1v) is 8.17. The van der Waals surface area contributed by atoms with E-state index in [1.54, 1.807) is 12.1 Å². The van der Waals surface area contributed by atoms with Crippen molar-refractivity contribution in [3.63, 3.8) is 0 Å². The first-order valence-electron chi connectivity index (χ1n) is 7.79. The van der Waals surface area contributed by atoms with Gasteiger partial charge in [0.15, 0.2) is 11.5 Å². The molecule has 2 heterocycles. The number of halogens is 2. The van der Waals surface area contributed by atoms with Crippen molar-refractivity contribution in [3.05, 3.63) is 64.6 Å². The fourth-order valence-corrected chi connectivity index (χ4v) is 2.79. The van der Waals surface area contributed by atoms with Crippen molar-refractivity contribution < 1.29 is 13.3 Å². The highest BCUT2D eigenvalue weighted by molar-refractivity contribution is 6.31. The molecular weight excluding hydrogens is 345 g/mol. The van der Waals surface area contributed by atoms with Gasteiger partial charge in [-0.15, -0.1) is 0 Å². The number of oxazole rings is 1. The number of fused-ring (bicyclic) bond motifs is 1. The van der Waals surface area contributed by atoms with Gasteiger partial charge in [0.05, 0.1) is 6.42 Å². The Morgan fingerprint density at radius 3 is 2.80 bits per heavy atom. The van der Waals surface area contributed by atoms with E-state index < -0.39 is 5.82 Å². The topological polar surface area (TPSA) is 65.0 Å². The lowest BCUT2D eigenvalue weighted by molar-refractivity contribution is 0.384. The molecule has 2 aromatic carbocycles. The highest BCUT2D eigenvalue weighted by atomic mass is 35.5. The molecule has 0 aliphatic heterocycles. The molecule has 7 heteroatoms. The minimum absolute atomic E-state index is 0.130. The molecule has 0 spiro atoms. The number of nitrogens with zero attached hydrogens (tertiary/aromatic N) is 3. The normalized spacial score (nSPS) is 11.3. The molecular formula is C18H13ClFN3O2. The molecule has 0 radical (unpaired) electrons. The lowest BCUT2D eigenvalue weighted by Gasteiger charge is -2.01. The first kappa shape index (κ1) is 15.8. The van der Waals surface area contributed by atoms with Gasteiger partial charge in [0.25, 0.3) is 0 Å². The highest BCUT2D eigenvalue weighted by Crippen LogP contribution is 2.25. The predicted molar refractivity (Wildman–Crippen MR) is 90.9 cm³/mol. The molecule has 5 nitrogen and oxygen atoms in total. The molecule has 0 aliphatic carbocycles. The van der Waals surface area contributed by atoms with E-state index in [0.29, 0.717) is 27.9 Å². The van der Waals surface area contributed by atoms with Crippen LogP contribution in [0.1, 0.15) is 24.3 Å². The number of aryl methyl sites for hydroxylation is 1. The molecule has 4 rings (SSSR count). The Morgan fingerprint density at radius 1 is 1.12 bits per heavy atom. The zero-order valence-electron chi connectivity index (χ0n) is 13.3. The molecule has 0 atom stereocenters. The van der Waals surface area contributed by atoms with Gasteiger partial charge in [0, 0.05) is 22.6 Å². The summed E-state index contributed by atoms with van der Waals surface area (Å²) >= 11 is 6.04. The smallest absolute Gasteiger partial charge is 0.231 e. The highest BCUT2D eigenvalue weighted by Gasteiger charge is 2.15. The van der Waals surface area contributed by atoms with Gasteiger partial charge in [-0.3, -0.25) is 0 Å². The monoisotopic (exact) mass is 357 g/mol. The Hall–Kier alpha value is -2.73. The fourth-order valence-electron chi connectivity index (χ4n) is 2.56. The van der Waals surface area contributed by atoms with Crippen molar-refractivity contribution in [2.24, 2.45) is 0 Å². The van der Waals surface area contributed by atoms with E-state index in [4.69, 9.17) is 20.5 Å². The van der Waals surface area contributed by atoms with Crippen molar-refractivity contribution in [1.29, 1.82) is 0 Å². The number of hydrogen-bond donors (Lipinski definition) is 0. The van der Waals surface area contributed by atoms with Crippen LogP contribution in [0.3, 0.4) is 0 Å². The van der Waals surface area contributed by atoms with Crippen LogP contribution < -0.4 is 0 Å². The molecule has 126 valence electrons. The lowest BCUT2D eigenvalue weighted by atomic mass is 10.1. The van der Waals surface area contributed by atoms with Crippen LogP contribution in [0.15, 0.2) is 45.3 Å². The second-order valence-corrected chi connectivity index (χ2v) is 5.94. The molecule has 4 aromatic rings. The van der Waals surface area contributed by atoms with E-state index in [1.807, 2.05) is 25.1 Å². The summed E-state index contributed by atoms with van der Waals surface area (Å²) in [6, 6.07) is 10.0. The maximum absolute atomic E-state index is 13.9. The second kappa shape index (κ2) is 6.29. The minimum Gasteiger partial charge on any atom is -0.441 e. The van der Waals surface area contributed by atoms with E-state index in [1.165, 1.54) is 6.07 Å². The maximum Gasteiger partial charge on any atom is 0.231 e. The van der Waals surface area contributed by atoms with Crippen molar-refractivity contribution in [2.45, 2.75) is 19.8 Å². The molecule has 0 N–H and O–H groups in total. The maximum atomic E-state index is 13.9. The van der Waals surface area contributed by atoms with Crippen LogP contribution >= 0.6 is 11.6 Å². The van der Waals surface area contributed by atoms with Crippen molar-refractivity contribution in [1.82, 2.24) is 15.1 Å². The van der Waals surface area contributed by atoms with Gasteiger partial charge >= 0.3 is 0 Å². The molecule has 0 fully saturated rings. The van der Waals surface area contributed by atoms with Crippen LogP contribution in [0, 0.1) is 5.82 Å². The molecule has 25 heavy (non-hydrogen) atoms. The van der Waals surface area contributed by atoms with E-state index >= 15 is 0 Å². The summed E-state index contributed by atoms with van der Waals surface area (Å²) in [7, 11) is 0. The number of hydrogen-bond acceptors (Lipinski definition) is 5. The van der Waals surface area contributed by atoms with Gasteiger partial charge in [-0.2, -0.15) is 4.98 Å². The molecule has 0 saturated heterocycles. The minimum atomic E-state index is -0.400. The van der Waals surface area contributed by atoms with Crippen LogP contribution in [0.2, 0.25) is 5.02 Å². The Kier molecular flexibility index (Phi) is 3.97. The first-order chi connectivity index (χ1) is 12.1. The van der Waals surface area contributed by atoms with Crippen LogP contribution in [0.25, 0.3) is 22.5 Å². The average molecular weight is 358 g/mol. The summed E-state index contributed by atoms with van der Waals surface area (Å²) in [5.41, 5.74) is 2.53. The fraction of sp³-hybridized carbons (Fsp3) is 0.167. The summed E-state index contributed by atoms with van der Waals surface area (Å²) < 4.78 is 24.7. The third-order valence-electron chi connectivity index (χ3n) is 3.85. The van der Waals surface area contributed by atoms with Gasteiger partial charge < -0.3 is 8.94 Å². The molecule has 0 aliphatic rings. The van der Waals surface area contributed by atoms with E-state index in [2.05, 4.69) is 15.1 Å². The van der Waals surface area contributed by atoms with Crippen LogP contribution in [-0.4, -0.2) is 15.1 Å². The zero-order valence-corrected chi connectivity index (χ0v) is 14.0. The zero-order chi connectivity index (χ0) is 17.4. The molecule has 0 bridgehead atoms. The Labute approximate surface area is 147 Å². The summed E-state index contributed by atoms with van der Waals surface area (Å²) in [5, 5.41) is 4.30. The van der Waals surface area contributed by atoms with E-state index in [0.717, 1.165) is 17.5 Å². The molecule has 0 unspecified atom stereocenters. The average Bonchev–Trinajstić information content (AvgIpc) is 3.24. The van der Waals surface area contributed by atoms with Crippen molar-refractivity contribution in [3.8, 4) is 11.4 Å². The third-order valence-corrected chi connectivity index (χ3v) is 4.20. The number of rotatable bonds is 4. The SMILES string of the molecule is CCc1nc2cc(-c3noc(Cc4c(F)cccc4Cl)n3)ccc2o1. The van der Waals surface area contributed by atoms with Crippen molar-refractivity contribution >= 4 is 22.7 Å². The van der Waals surface area contributed by atoms with Gasteiger partial charge in [0.2, 0.25) is 11.7 Å². The van der Waals surface area contributed by atoms with Gasteiger partial charge in [0.1, 0.15) is 11.3 Å². The van der Waals surface area contributed by atoms with Crippen LogP contribution in [0.5, 0.6) is 0 Å². The van der Waals surface area contributed by atoms with Gasteiger partial charge in [-0.25, -0.2) is 9.37 Å².